The summed E-state index contributed by atoms with van der Waals surface area (Å²) in [4.78, 5) is 2.61. The van der Waals surface area contributed by atoms with Gasteiger partial charge in [-0.3, -0.25) is 4.90 Å². The van der Waals surface area contributed by atoms with Gasteiger partial charge >= 0.3 is 0 Å². The van der Waals surface area contributed by atoms with Gasteiger partial charge in [-0.05, 0) is 54.7 Å². The van der Waals surface area contributed by atoms with Crippen molar-refractivity contribution in [3.05, 3.63) is 71.8 Å². The van der Waals surface area contributed by atoms with Gasteiger partial charge in [0.25, 0.3) is 0 Å². The minimum absolute atomic E-state index is 0.790. The number of nitrogens with zero attached hydrogens (tertiary/aromatic N) is 1. The van der Waals surface area contributed by atoms with E-state index < -0.39 is 0 Å². The first-order valence-corrected chi connectivity index (χ1v) is 10.3. The monoisotopic (exact) mass is 351 g/mol. The molecule has 2 aromatic rings. The Labute approximate surface area is 161 Å². The lowest BCUT2D eigenvalue weighted by molar-refractivity contribution is 0.227. The molecule has 0 aliphatic carbocycles. The Morgan fingerprint density at radius 2 is 1.15 bits per heavy atom. The standard InChI is InChI=1S/C25H37N/c1-21(2)17-23(4)18-22(3)15-16-26(19-24-11-7-5-8-12-24)20-25-13-9-6-10-14-25/h5-14,21-23H,15-20H2,1-4H3. The lowest BCUT2D eigenvalue weighted by atomic mass is 9.89. The summed E-state index contributed by atoms with van der Waals surface area (Å²) in [5, 5.41) is 0. The average molecular weight is 352 g/mol. The maximum absolute atomic E-state index is 2.61. The van der Waals surface area contributed by atoms with E-state index >= 15 is 0 Å². The predicted octanol–water partition coefficient (Wildman–Crippen LogP) is 6.79. The van der Waals surface area contributed by atoms with E-state index in [9.17, 15) is 0 Å². The van der Waals surface area contributed by atoms with Crippen LogP contribution in [0.1, 0.15) is 58.1 Å². The van der Waals surface area contributed by atoms with Crippen molar-refractivity contribution < 1.29 is 0 Å². The van der Waals surface area contributed by atoms with Gasteiger partial charge < -0.3 is 0 Å². The van der Waals surface area contributed by atoms with E-state index in [4.69, 9.17) is 0 Å². The lowest BCUT2D eigenvalue weighted by Crippen LogP contribution is -2.25. The van der Waals surface area contributed by atoms with E-state index in [-0.39, 0.29) is 0 Å². The Hall–Kier alpha value is -1.60. The molecule has 2 rings (SSSR count). The van der Waals surface area contributed by atoms with Crippen LogP contribution in [0.2, 0.25) is 0 Å². The molecule has 0 spiro atoms. The smallest absolute Gasteiger partial charge is 0.0237 e. The Bertz CT molecular complexity index is 549. The number of hydrogen-bond acceptors (Lipinski definition) is 1. The summed E-state index contributed by atoms with van der Waals surface area (Å²) in [5.41, 5.74) is 2.81. The third kappa shape index (κ3) is 8.19. The summed E-state index contributed by atoms with van der Waals surface area (Å²) in [7, 11) is 0. The predicted molar refractivity (Wildman–Crippen MR) is 114 cm³/mol. The van der Waals surface area contributed by atoms with Crippen LogP contribution >= 0.6 is 0 Å². The van der Waals surface area contributed by atoms with E-state index in [2.05, 4.69) is 93.3 Å². The zero-order chi connectivity index (χ0) is 18.8. The van der Waals surface area contributed by atoms with Crippen LogP contribution in [0.3, 0.4) is 0 Å². The molecule has 0 aliphatic rings. The van der Waals surface area contributed by atoms with Gasteiger partial charge in [-0.2, -0.15) is 0 Å². The van der Waals surface area contributed by atoms with Crippen molar-refractivity contribution in [1.82, 2.24) is 4.90 Å². The highest BCUT2D eigenvalue weighted by Gasteiger charge is 2.13. The number of hydrogen-bond donors (Lipinski definition) is 0. The molecule has 0 fully saturated rings. The molecular formula is C25H37N. The normalized spacial score (nSPS) is 13.9. The molecule has 0 heterocycles. The fraction of sp³-hybridized carbons (Fsp3) is 0.520. The lowest BCUT2D eigenvalue weighted by Gasteiger charge is -2.25. The first-order chi connectivity index (χ1) is 12.5. The fourth-order valence-corrected chi connectivity index (χ4v) is 4.01. The highest BCUT2D eigenvalue weighted by Crippen LogP contribution is 2.22. The molecule has 1 heteroatoms. The van der Waals surface area contributed by atoms with Crippen molar-refractivity contribution in [2.75, 3.05) is 6.54 Å². The largest absolute Gasteiger partial charge is 0.295 e. The second-order valence-electron chi connectivity index (χ2n) is 8.55. The Morgan fingerprint density at radius 1 is 0.654 bits per heavy atom. The van der Waals surface area contributed by atoms with Crippen LogP contribution in [0, 0.1) is 17.8 Å². The Kier molecular flexibility index (Phi) is 8.91. The molecule has 0 saturated heterocycles. The van der Waals surface area contributed by atoms with E-state index in [1.165, 1.54) is 36.9 Å². The SMILES string of the molecule is CC(C)CC(C)CC(C)CCN(Cc1ccccc1)Cc1ccccc1. The summed E-state index contributed by atoms with van der Waals surface area (Å²) in [6, 6.07) is 21.7. The first-order valence-electron chi connectivity index (χ1n) is 10.3. The minimum atomic E-state index is 0.790. The molecule has 0 aromatic heterocycles. The van der Waals surface area contributed by atoms with Crippen molar-refractivity contribution >= 4 is 0 Å². The van der Waals surface area contributed by atoms with E-state index in [1.54, 1.807) is 0 Å². The molecule has 1 nitrogen and oxygen atoms in total. The van der Waals surface area contributed by atoms with Crippen molar-refractivity contribution in [3.8, 4) is 0 Å². The van der Waals surface area contributed by atoms with Crippen LogP contribution in [0.5, 0.6) is 0 Å². The van der Waals surface area contributed by atoms with Gasteiger partial charge in [0.2, 0.25) is 0 Å². The maximum atomic E-state index is 2.61. The summed E-state index contributed by atoms with van der Waals surface area (Å²) in [6.45, 7) is 12.8. The highest BCUT2D eigenvalue weighted by atomic mass is 15.1. The molecule has 0 saturated carbocycles. The van der Waals surface area contributed by atoms with E-state index in [0.29, 0.717) is 0 Å². The van der Waals surface area contributed by atoms with E-state index in [1.807, 2.05) is 0 Å². The molecule has 2 atom stereocenters. The van der Waals surface area contributed by atoms with Crippen LogP contribution < -0.4 is 0 Å². The topological polar surface area (TPSA) is 3.24 Å². The second-order valence-corrected chi connectivity index (χ2v) is 8.55. The zero-order valence-corrected chi connectivity index (χ0v) is 17.2. The van der Waals surface area contributed by atoms with Gasteiger partial charge in [-0.25, -0.2) is 0 Å². The van der Waals surface area contributed by atoms with Crippen molar-refractivity contribution in [2.24, 2.45) is 17.8 Å². The molecule has 2 unspecified atom stereocenters. The first kappa shape index (κ1) is 20.7. The van der Waals surface area contributed by atoms with Crippen LogP contribution in [0.15, 0.2) is 60.7 Å². The number of benzene rings is 2. The van der Waals surface area contributed by atoms with Gasteiger partial charge in [-0.15, -0.1) is 0 Å². The second kappa shape index (κ2) is 11.2. The van der Waals surface area contributed by atoms with Gasteiger partial charge in [0.15, 0.2) is 0 Å². The average Bonchev–Trinajstić information content (AvgIpc) is 2.60. The zero-order valence-electron chi connectivity index (χ0n) is 17.2. The summed E-state index contributed by atoms with van der Waals surface area (Å²) in [5.74, 6) is 2.43. The molecular weight excluding hydrogens is 314 g/mol. The molecule has 0 amide bonds. The third-order valence-electron chi connectivity index (χ3n) is 5.11. The molecule has 0 N–H and O–H groups in total. The van der Waals surface area contributed by atoms with Crippen LogP contribution in [-0.2, 0) is 13.1 Å². The van der Waals surface area contributed by atoms with Crippen molar-refractivity contribution in [3.63, 3.8) is 0 Å². The van der Waals surface area contributed by atoms with Crippen molar-refractivity contribution in [1.29, 1.82) is 0 Å². The number of rotatable bonds is 11. The van der Waals surface area contributed by atoms with Gasteiger partial charge in [0, 0.05) is 13.1 Å². The fourth-order valence-electron chi connectivity index (χ4n) is 4.01. The minimum Gasteiger partial charge on any atom is -0.295 e. The Morgan fingerprint density at radius 3 is 1.62 bits per heavy atom. The third-order valence-corrected chi connectivity index (χ3v) is 5.11. The van der Waals surface area contributed by atoms with Crippen LogP contribution in [0.25, 0.3) is 0 Å². The van der Waals surface area contributed by atoms with Crippen LogP contribution in [0.4, 0.5) is 0 Å². The molecule has 26 heavy (non-hydrogen) atoms. The Balaban J connectivity index is 1.90. The van der Waals surface area contributed by atoms with E-state index in [0.717, 1.165) is 30.8 Å². The molecule has 0 bridgehead atoms. The summed E-state index contributed by atoms with van der Waals surface area (Å²) >= 11 is 0. The molecule has 142 valence electrons. The maximum Gasteiger partial charge on any atom is 0.0237 e. The molecule has 0 aliphatic heterocycles. The van der Waals surface area contributed by atoms with Crippen molar-refractivity contribution in [2.45, 2.75) is 60.0 Å². The quantitative estimate of drug-likeness (QED) is 0.431. The summed E-state index contributed by atoms with van der Waals surface area (Å²) in [6.07, 6.45) is 3.98. The van der Waals surface area contributed by atoms with Crippen LogP contribution in [-0.4, -0.2) is 11.4 Å². The highest BCUT2D eigenvalue weighted by molar-refractivity contribution is 5.17. The van der Waals surface area contributed by atoms with Gasteiger partial charge in [0.1, 0.15) is 0 Å². The molecule has 2 aromatic carbocycles. The molecule has 0 radical (unpaired) electrons. The summed E-state index contributed by atoms with van der Waals surface area (Å²) < 4.78 is 0. The van der Waals surface area contributed by atoms with Gasteiger partial charge in [0.05, 0.1) is 0 Å². The van der Waals surface area contributed by atoms with Gasteiger partial charge in [-0.1, -0.05) is 88.4 Å².